The monoisotopic (exact) mass is 349 g/mol. The molecule has 1 amide bonds. The van der Waals surface area contributed by atoms with Crippen LogP contribution in [0.4, 0.5) is 5.69 Å². The van der Waals surface area contributed by atoms with E-state index in [4.69, 9.17) is 0 Å². The molecule has 0 saturated carbocycles. The van der Waals surface area contributed by atoms with E-state index in [1.807, 2.05) is 11.3 Å². The van der Waals surface area contributed by atoms with Crippen LogP contribution >= 0.6 is 11.3 Å². The SMILES string of the molecule is CC(CNC(=O)Cn1cc([N+](=O)[O-])cn1)N1CCc2sccc2C1. The van der Waals surface area contributed by atoms with Crippen LogP contribution in [0.2, 0.25) is 0 Å². The standard InChI is InChI=1S/C15H19N5O3S/c1-11(18-4-2-14-12(8-18)3-5-24-14)6-16-15(21)10-19-9-13(7-17-19)20(22)23/h3,5,7,9,11H,2,4,6,8,10H2,1H3,(H,16,21). The first kappa shape index (κ1) is 16.6. The Morgan fingerprint density at radius 1 is 1.58 bits per heavy atom. The zero-order valence-electron chi connectivity index (χ0n) is 13.3. The number of nitrogens with one attached hydrogen (secondary N) is 1. The van der Waals surface area contributed by atoms with Crippen LogP contribution in [0, 0.1) is 10.1 Å². The molecule has 0 bridgehead atoms. The van der Waals surface area contributed by atoms with Gasteiger partial charge in [0.1, 0.15) is 18.9 Å². The molecule has 128 valence electrons. The van der Waals surface area contributed by atoms with Gasteiger partial charge in [0.25, 0.3) is 0 Å². The highest BCUT2D eigenvalue weighted by atomic mass is 32.1. The Morgan fingerprint density at radius 3 is 3.17 bits per heavy atom. The molecular weight excluding hydrogens is 330 g/mol. The molecule has 8 nitrogen and oxygen atoms in total. The van der Waals surface area contributed by atoms with Crippen molar-refractivity contribution in [2.75, 3.05) is 13.1 Å². The Morgan fingerprint density at radius 2 is 2.42 bits per heavy atom. The maximum absolute atomic E-state index is 12.0. The quantitative estimate of drug-likeness (QED) is 0.629. The minimum Gasteiger partial charge on any atom is -0.353 e. The molecule has 2 aromatic rings. The van der Waals surface area contributed by atoms with Crippen molar-refractivity contribution in [1.29, 1.82) is 0 Å². The zero-order valence-corrected chi connectivity index (χ0v) is 14.2. The molecule has 0 fully saturated rings. The van der Waals surface area contributed by atoms with E-state index in [0.29, 0.717) is 6.54 Å². The van der Waals surface area contributed by atoms with Gasteiger partial charge in [0.05, 0.1) is 4.92 Å². The van der Waals surface area contributed by atoms with E-state index in [2.05, 4.69) is 33.7 Å². The van der Waals surface area contributed by atoms with Crippen LogP contribution in [-0.2, 0) is 24.3 Å². The minimum absolute atomic E-state index is 0.0186. The number of aromatic nitrogens is 2. The van der Waals surface area contributed by atoms with Gasteiger partial charge in [-0.2, -0.15) is 5.10 Å². The molecule has 1 aliphatic rings. The third kappa shape index (κ3) is 3.80. The van der Waals surface area contributed by atoms with Crippen LogP contribution in [0.15, 0.2) is 23.8 Å². The highest BCUT2D eigenvalue weighted by Gasteiger charge is 2.21. The van der Waals surface area contributed by atoms with E-state index in [1.165, 1.54) is 21.3 Å². The second kappa shape index (κ2) is 7.10. The number of hydrogen-bond donors (Lipinski definition) is 1. The Bertz CT molecular complexity index is 741. The lowest BCUT2D eigenvalue weighted by Gasteiger charge is -2.32. The molecule has 0 aliphatic carbocycles. The fraction of sp³-hybridized carbons (Fsp3) is 0.467. The van der Waals surface area contributed by atoms with Gasteiger partial charge >= 0.3 is 5.69 Å². The molecule has 1 aliphatic heterocycles. The largest absolute Gasteiger partial charge is 0.353 e. The average molecular weight is 349 g/mol. The Labute approximate surface area is 143 Å². The van der Waals surface area contributed by atoms with Crippen molar-refractivity contribution in [3.05, 3.63) is 44.4 Å². The Balaban J connectivity index is 1.46. The maximum atomic E-state index is 12.0. The predicted octanol–water partition coefficient (Wildman–Crippen LogP) is 1.42. The normalized spacial score (nSPS) is 15.7. The lowest BCUT2D eigenvalue weighted by molar-refractivity contribution is -0.385. The van der Waals surface area contributed by atoms with Gasteiger partial charge in [0, 0.05) is 30.6 Å². The van der Waals surface area contributed by atoms with Crippen molar-refractivity contribution >= 4 is 22.9 Å². The number of thiophene rings is 1. The lowest BCUT2D eigenvalue weighted by Crippen LogP contribution is -2.44. The van der Waals surface area contributed by atoms with Crippen molar-refractivity contribution in [2.45, 2.75) is 32.5 Å². The second-order valence-corrected chi connectivity index (χ2v) is 6.90. The van der Waals surface area contributed by atoms with Gasteiger partial charge in [-0.25, -0.2) is 0 Å². The average Bonchev–Trinajstić information content (AvgIpc) is 3.20. The number of carbonyl (C=O) groups is 1. The summed E-state index contributed by atoms with van der Waals surface area (Å²) in [5.74, 6) is -0.201. The number of fused-ring (bicyclic) bond motifs is 1. The van der Waals surface area contributed by atoms with Crippen LogP contribution in [0.1, 0.15) is 17.4 Å². The summed E-state index contributed by atoms with van der Waals surface area (Å²) in [6, 6.07) is 2.40. The van der Waals surface area contributed by atoms with Crippen molar-refractivity contribution in [3.8, 4) is 0 Å². The summed E-state index contributed by atoms with van der Waals surface area (Å²) in [5, 5.41) is 19.4. The molecule has 1 atom stereocenters. The van der Waals surface area contributed by atoms with Gasteiger partial charge in [0.2, 0.25) is 5.91 Å². The molecule has 0 saturated heterocycles. The summed E-state index contributed by atoms with van der Waals surface area (Å²) in [4.78, 5) is 25.9. The van der Waals surface area contributed by atoms with E-state index in [1.54, 1.807) is 0 Å². The highest BCUT2D eigenvalue weighted by molar-refractivity contribution is 7.10. The second-order valence-electron chi connectivity index (χ2n) is 5.90. The van der Waals surface area contributed by atoms with E-state index in [9.17, 15) is 14.9 Å². The van der Waals surface area contributed by atoms with Gasteiger partial charge in [-0.3, -0.25) is 24.5 Å². The third-order valence-corrected chi connectivity index (χ3v) is 5.21. The van der Waals surface area contributed by atoms with Crippen LogP contribution in [-0.4, -0.2) is 44.6 Å². The molecule has 9 heteroatoms. The van der Waals surface area contributed by atoms with Crippen LogP contribution in [0.25, 0.3) is 0 Å². The molecular formula is C15H19N5O3S. The molecule has 3 heterocycles. The van der Waals surface area contributed by atoms with Gasteiger partial charge in [0.15, 0.2) is 0 Å². The summed E-state index contributed by atoms with van der Waals surface area (Å²) < 4.78 is 1.27. The van der Waals surface area contributed by atoms with Gasteiger partial charge in [-0.05, 0) is 30.4 Å². The molecule has 0 aromatic carbocycles. The summed E-state index contributed by atoms with van der Waals surface area (Å²) in [5.41, 5.74) is 1.27. The van der Waals surface area contributed by atoms with E-state index >= 15 is 0 Å². The van der Waals surface area contributed by atoms with Crippen molar-refractivity contribution in [1.82, 2.24) is 20.0 Å². The van der Waals surface area contributed by atoms with Gasteiger partial charge < -0.3 is 5.32 Å². The maximum Gasteiger partial charge on any atom is 0.307 e. The molecule has 1 unspecified atom stereocenters. The third-order valence-electron chi connectivity index (χ3n) is 4.19. The topological polar surface area (TPSA) is 93.3 Å². The number of hydrogen-bond acceptors (Lipinski definition) is 6. The number of rotatable bonds is 6. The minimum atomic E-state index is -0.529. The number of carbonyl (C=O) groups excluding carboxylic acids is 1. The first-order valence-electron chi connectivity index (χ1n) is 7.76. The van der Waals surface area contributed by atoms with Gasteiger partial charge in [-0.15, -0.1) is 11.3 Å². The van der Waals surface area contributed by atoms with Crippen LogP contribution in [0.3, 0.4) is 0 Å². The molecule has 3 rings (SSSR count). The van der Waals surface area contributed by atoms with Crippen LogP contribution < -0.4 is 5.32 Å². The van der Waals surface area contributed by atoms with E-state index in [0.717, 1.165) is 25.7 Å². The van der Waals surface area contributed by atoms with Crippen molar-refractivity contribution < 1.29 is 9.72 Å². The summed E-state index contributed by atoms with van der Waals surface area (Å²) >= 11 is 1.81. The molecule has 0 spiro atoms. The first-order chi connectivity index (χ1) is 11.5. The molecule has 1 N–H and O–H groups in total. The smallest absolute Gasteiger partial charge is 0.307 e. The van der Waals surface area contributed by atoms with Crippen molar-refractivity contribution in [2.24, 2.45) is 0 Å². The van der Waals surface area contributed by atoms with Gasteiger partial charge in [-0.1, -0.05) is 0 Å². The van der Waals surface area contributed by atoms with Crippen LogP contribution in [0.5, 0.6) is 0 Å². The Kier molecular flexibility index (Phi) is 4.91. The number of nitro groups is 1. The zero-order chi connectivity index (χ0) is 17.1. The number of nitrogens with zero attached hydrogens (tertiary/aromatic N) is 4. The number of amides is 1. The van der Waals surface area contributed by atoms with E-state index in [-0.39, 0.29) is 24.2 Å². The lowest BCUT2D eigenvalue weighted by atomic mass is 10.1. The predicted molar refractivity (Wildman–Crippen MR) is 89.8 cm³/mol. The molecule has 2 aromatic heterocycles. The van der Waals surface area contributed by atoms with Crippen molar-refractivity contribution in [3.63, 3.8) is 0 Å². The fourth-order valence-corrected chi connectivity index (χ4v) is 3.66. The molecule has 24 heavy (non-hydrogen) atoms. The molecule has 0 radical (unpaired) electrons. The van der Waals surface area contributed by atoms with E-state index < -0.39 is 4.92 Å². The summed E-state index contributed by atoms with van der Waals surface area (Å²) in [6.07, 6.45) is 3.45. The highest BCUT2D eigenvalue weighted by Crippen LogP contribution is 2.24. The Hall–Kier alpha value is -2.26. The fourth-order valence-electron chi connectivity index (χ4n) is 2.77. The first-order valence-corrected chi connectivity index (χ1v) is 8.63. The summed E-state index contributed by atoms with van der Waals surface area (Å²) in [6.45, 7) is 4.53. The summed E-state index contributed by atoms with van der Waals surface area (Å²) in [7, 11) is 0.